The Labute approximate surface area is 133 Å². The third-order valence-electron chi connectivity index (χ3n) is 3.88. The van der Waals surface area contributed by atoms with Crippen molar-refractivity contribution in [2.45, 2.75) is 33.6 Å². The van der Waals surface area contributed by atoms with E-state index in [2.05, 4.69) is 20.8 Å². The van der Waals surface area contributed by atoms with E-state index in [0.29, 0.717) is 29.9 Å². The number of rotatable bonds is 6. The first kappa shape index (κ1) is 16.7. The minimum Gasteiger partial charge on any atom is -0.490 e. The van der Waals surface area contributed by atoms with Gasteiger partial charge in [-0.3, -0.25) is 4.79 Å². The lowest BCUT2D eigenvalue weighted by atomic mass is 9.92. The van der Waals surface area contributed by atoms with E-state index in [-0.39, 0.29) is 12.5 Å². The van der Waals surface area contributed by atoms with Crippen molar-refractivity contribution in [3.8, 4) is 11.5 Å². The molecule has 4 nitrogen and oxygen atoms in total. The van der Waals surface area contributed by atoms with Crippen LogP contribution >= 0.6 is 0 Å². The molecule has 0 aromatic heterocycles. The average Bonchev–Trinajstić information content (AvgIpc) is 2.50. The molecule has 1 heterocycles. The van der Waals surface area contributed by atoms with Gasteiger partial charge >= 0.3 is 0 Å². The Bertz CT molecular complexity index is 479. The number of carbonyl (C=O) groups is 1. The van der Waals surface area contributed by atoms with Gasteiger partial charge in [-0.15, -0.1) is 0 Å². The highest BCUT2D eigenvalue weighted by Gasteiger charge is 2.25. The lowest BCUT2D eigenvalue weighted by Gasteiger charge is -2.34. The van der Waals surface area contributed by atoms with Crippen LogP contribution in [-0.2, 0) is 4.79 Å². The van der Waals surface area contributed by atoms with Gasteiger partial charge in [-0.2, -0.15) is 0 Å². The van der Waals surface area contributed by atoms with E-state index in [1.54, 1.807) is 0 Å². The number of ether oxygens (including phenoxy) is 2. The molecule has 1 aliphatic heterocycles. The number of hydrogen-bond donors (Lipinski definition) is 0. The second-order valence-electron chi connectivity index (χ2n) is 6.33. The van der Waals surface area contributed by atoms with E-state index >= 15 is 0 Å². The summed E-state index contributed by atoms with van der Waals surface area (Å²) < 4.78 is 11.4. The van der Waals surface area contributed by atoms with Crippen molar-refractivity contribution in [3.63, 3.8) is 0 Å². The molecule has 0 bridgehead atoms. The van der Waals surface area contributed by atoms with Gasteiger partial charge in [-0.05, 0) is 36.8 Å². The highest BCUT2D eigenvalue weighted by molar-refractivity contribution is 5.78. The maximum atomic E-state index is 12.3. The van der Waals surface area contributed by atoms with Crippen molar-refractivity contribution in [3.05, 3.63) is 24.3 Å². The van der Waals surface area contributed by atoms with Gasteiger partial charge in [0.15, 0.2) is 18.1 Å². The van der Waals surface area contributed by atoms with Gasteiger partial charge in [-0.1, -0.05) is 32.9 Å². The summed E-state index contributed by atoms with van der Waals surface area (Å²) in [5.74, 6) is 2.53. The molecule has 1 aliphatic rings. The van der Waals surface area contributed by atoms with Crippen LogP contribution in [0.3, 0.4) is 0 Å². The van der Waals surface area contributed by atoms with Gasteiger partial charge in [0.1, 0.15) is 0 Å². The van der Waals surface area contributed by atoms with Crippen LogP contribution in [0.2, 0.25) is 0 Å². The topological polar surface area (TPSA) is 38.8 Å². The molecular weight excluding hydrogens is 278 g/mol. The Morgan fingerprint density at radius 3 is 2.32 bits per heavy atom. The Balaban J connectivity index is 1.91. The zero-order chi connectivity index (χ0) is 15.9. The third-order valence-corrected chi connectivity index (χ3v) is 3.88. The van der Waals surface area contributed by atoms with E-state index in [1.165, 1.54) is 6.42 Å². The Hall–Kier alpha value is -1.71. The standard InChI is InChI=1S/C18H27NO3/c1-4-9-21-16-7-5-6-8-17(16)22-13-18(20)19-11-14(2)10-15(3)12-19/h5-8,14-15H,4,9-13H2,1-3H3. The number of benzene rings is 1. The highest BCUT2D eigenvalue weighted by atomic mass is 16.5. The quantitative estimate of drug-likeness (QED) is 0.809. The summed E-state index contributed by atoms with van der Waals surface area (Å²) >= 11 is 0. The number of likely N-dealkylation sites (tertiary alicyclic amines) is 1. The van der Waals surface area contributed by atoms with Crippen LogP contribution < -0.4 is 9.47 Å². The smallest absolute Gasteiger partial charge is 0.260 e. The molecular formula is C18H27NO3. The number of para-hydroxylation sites is 2. The van der Waals surface area contributed by atoms with Crippen LogP contribution in [0.1, 0.15) is 33.6 Å². The predicted octanol–water partition coefficient (Wildman–Crippen LogP) is 3.36. The molecule has 22 heavy (non-hydrogen) atoms. The van der Waals surface area contributed by atoms with Crippen LogP contribution in [0.4, 0.5) is 0 Å². The average molecular weight is 305 g/mol. The van der Waals surface area contributed by atoms with Crippen molar-refractivity contribution >= 4 is 5.91 Å². The molecule has 1 amide bonds. The molecule has 0 radical (unpaired) electrons. The van der Waals surface area contributed by atoms with Gasteiger partial charge in [0.2, 0.25) is 0 Å². The molecule has 2 atom stereocenters. The molecule has 0 spiro atoms. The van der Waals surface area contributed by atoms with Crippen LogP contribution in [0, 0.1) is 11.8 Å². The van der Waals surface area contributed by atoms with Gasteiger partial charge < -0.3 is 14.4 Å². The maximum absolute atomic E-state index is 12.3. The Morgan fingerprint density at radius 1 is 1.14 bits per heavy atom. The predicted molar refractivity (Wildman–Crippen MR) is 87.2 cm³/mol. The fourth-order valence-corrected chi connectivity index (χ4v) is 3.00. The lowest BCUT2D eigenvalue weighted by molar-refractivity contribution is -0.136. The zero-order valence-corrected chi connectivity index (χ0v) is 13.9. The summed E-state index contributed by atoms with van der Waals surface area (Å²) in [5.41, 5.74) is 0. The molecule has 1 saturated heterocycles. The number of hydrogen-bond acceptors (Lipinski definition) is 3. The fraction of sp³-hybridized carbons (Fsp3) is 0.611. The molecule has 4 heteroatoms. The molecule has 0 saturated carbocycles. The second-order valence-corrected chi connectivity index (χ2v) is 6.33. The minimum absolute atomic E-state index is 0.0590. The zero-order valence-electron chi connectivity index (χ0n) is 13.9. The van der Waals surface area contributed by atoms with Crippen LogP contribution in [0.25, 0.3) is 0 Å². The summed E-state index contributed by atoms with van der Waals surface area (Å²) in [4.78, 5) is 14.3. The summed E-state index contributed by atoms with van der Waals surface area (Å²) in [7, 11) is 0. The molecule has 1 aromatic rings. The SMILES string of the molecule is CCCOc1ccccc1OCC(=O)N1CC(C)CC(C)C1. The largest absolute Gasteiger partial charge is 0.490 e. The number of amides is 1. The van der Waals surface area contributed by atoms with Crippen molar-refractivity contribution in [1.29, 1.82) is 0 Å². The third kappa shape index (κ3) is 4.65. The van der Waals surface area contributed by atoms with Crippen LogP contribution in [0.5, 0.6) is 11.5 Å². The van der Waals surface area contributed by atoms with Crippen molar-refractivity contribution in [2.75, 3.05) is 26.3 Å². The summed E-state index contributed by atoms with van der Waals surface area (Å²) in [6.07, 6.45) is 2.13. The van der Waals surface area contributed by atoms with E-state index in [0.717, 1.165) is 19.5 Å². The van der Waals surface area contributed by atoms with Crippen molar-refractivity contribution < 1.29 is 14.3 Å². The minimum atomic E-state index is 0.0590. The fourth-order valence-electron chi connectivity index (χ4n) is 3.00. The van der Waals surface area contributed by atoms with Gasteiger partial charge in [-0.25, -0.2) is 0 Å². The first-order chi connectivity index (χ1) is 10.6. The van der Waals surface area contributed by atoms with Crippen LogP contribution in [-0.4, -0.2) is 37.1 Å². The van der Waals surface area contributed by atoms with Gasteiger partial charge in [0.05, 0.1) is 6.61 Å². The van der Waals surface area contributed by atoms with E-state index in [4.69, 9.17) is 9.47 Å². The normalized spacial score (nSPS) is 21.5. The van der Waals surface area contributed by atoms with Gasteiger partial charge in [0.25, 0.3) is 5.91 Å². The first-order valence-electron chi connectivity index (χ1n) is 8.22. The number of piperidine rings is 1. The van der Waals surface area contributed by atoms with Crippen molar-refractivity contribution in [2.24, 2.45) is 11.8 Å². The van der Waals surface area contributed by atoms with E-state index in [9.17, 15) is 4.79 Å². The molecule has 2 unspecified atom stereocenters. The maximum Gasteiger partial charge on any atom is 0.260 e. The van der Waals surface area contributed by atoms with Crippen molar-refractivity contribution in [1.82, 2.24) is 4.90 Å². The first-order valence-corrected chi connectivity index (χ1v) is 8.22. The second kappa shape index (κ2) is 8.06. The Kier molecular flexibility index (Phi) is 6.10. The molecule has 0 N–H and O–H groups in total. The summed E-state index contributed by atoms with van der Waals surface area (Å²) in [5, 5.41) is 0. The monoisotopic (exact) mass is 305 g/mol. The Morgan fingerprint density at radius 2 is 1.73 bits per heavy atom. The molecule has 0 aliphatic carbocycles. The van der Waals surface area contributed by atoms with Gasteiger partial charge in [0, 0.05) is 13.1 Å². The molecule has 2 rings (SSSR count). The van der Waals surface area contributed by atoms with E-state index < -0.39 is 0 Å². The lowest BCUT2D eigenvalue weighted by Crippen LogP contribution is -2.44. The van der Waals surface area contributed by atoms with E-state index in [1.807, 2.05) is 29.2 Å². The molecule has 122 valence electrons. The summed E-state index contributed by atoms with van der Waals surface area (Å²) in [6, 6.07) is 7.53. The highest BCUT2D eigenvalue weighted by Crippen LogP contribution is 2.27. The van der Waals surface area contributed by atoms with Crippen LogP contribution in [0.15, 0.2) is 24.3 Å². The number of carbonyl (C=O) groups excluding carboxylic acids is 1. The molecule has 1 aromatic carbocycles. The number of nitrogens with zero attached hydrogens (tertiary/aromatic N) is 1. The summed E-state index contributed by atoms with van der Waals surface area (Å²) in [6.45, 7) is 8.85. The molecule has 1 fully saturated rings.